The van der Waals surface area contributed by atoms with Crippen LogP contribution in [0.15, 0.2) is 18.2 Å². The van der Waals surface area contributed by atoms with Crippen molar-refractivity contribution in [1.82, 2.24) is 9.97 Å². The zero-order chi connectivity index (χ0) is 13.3. The van der Waals surface area contributed by atoms with Gasteiger partial charge < -0.3 is 11.1 Å². The van der Waals surface area contributed by atoms with E-state index in [1.807, 2.05) is 13.8 Å². The van der Waals surface area contributed by atoms with Crippen LogP contribution in [-0.4, -0.2) is 9.97 Å². The number of anilines is 3. The van der Waals surface area contributed by atoms with Crippen molar-refractivity contribution in [1.29, 1.82) is 0 Å². The van der Waals surface area contributed by atoms with E-state index < -0.39 is 0 Å². The van der Waals surface area contributed by atoms with Crippen molar-refractivity contribution in [2.75, 3.05) is 11.1 Å². The first-order valence-corrected chi connectivity index (χ1v) is 5.92. The summed E-state index contributed by atoms with van der Waals surface area (Å²) in [6, 6.07) is 6.28. The van der Waals surface area contributed by atoms with Crippen LogP contribution in [-0.2, 0) is 0 Å². The molecule has 1 aromatic heterocycles. The first-order valence-electron chi connectivity index (χ1n) is 5.92. The number of nitrogens with two attached hydrogens (primary N) is 1. The van der Waals surface area contributed by atoms with E-state index in [1.54, 1.807) is 0 Å². The maximum Gasteiger partial charge on any atom is 0.139 e. The predicted octanol–water partition coefficient (Wildman–Crippen LogP) is 3.04. The van der Waals surface area contributed by atoms with Crippen LogP contribution in [0.3, 0.4) is 0 Å². The fraction of sp³-hybridized carbons (Fsp3) is 0.286. The monoisotopic (exact) mass is 242 g/mol. The summed E-state index contributed by atoms with van der Waals surface area (Å²) in [5.74, 6) is 1.97. The van der Waals surface area contributed by atoms with E-state index in [2.05, 4.69) is 47.3 Å². The van der Waals surface area contributed by atoms with E-state index in [9.17, 15) is 0 Å². The number of nitrogen functional groups attached to an aromatic ring is 1. The molecule has 3 N–H and O–H groups in total. The van der Waals surface area contributed by atoms with Gasteiger partial charge in [-0.05, 0) is 44.9 Å². The van der Waals surface area contributed by atoms with Gasteiger partial charge in [0.25, 0.3) is 0 Å². The molecule has 0 amide bonds. The smallest absolute Gasteiger partial charge is 0.139 e. The predicted molar refractivity (Wildman–Crippen MR) is 75.1 cm³/mol. The Bertz CT molecular complexity index is 591. The molecule has 1 heterocycles. The van der Waals surface area contributed by atoms with Gasteiger partial charge in [-0.1, -0.05) is 12.1 Å². The number of aryl methyl sites for hydroxylation is 3. The summed E-state index contributed by atoms with van der Waals surface area (Å²) >= 11 is 0. The molecule has 0 aliphatic heterocycles. The van der Waals surface area contributed by atoms with E-state index in [-0.39, 0.29) is 0 Å². The first kappa shape index (κ1) is 12.4. The van der Waals surface area contributed by atoms with Crippen LogP contribution in [0.25, 0.3) is 0 Å². The van der Waals surface area contributed by atoms with Crippen LogP contribution in [0.1, 0.15) is 22.5 Å². The molecule has 0 radical (unpaired) electrons. The van der Waals surface area contributed by atoms with Gasteiger partial charge in [-0.15, -0.1) is 0 Å². The van der Waals surface area contributed by atoms with Crippen molar-refractivity contribution in [2.45, 2.75) is 27.7 Å². The Labute approximate surface area is 107 Å². The maximum absolute atomic E-state index is 5.85. The Morgan fingerprint density at radius 2 is 1.78 bits per heavy atom. The quantitative estimate of drug-likeness (QED) is 0.849. The number of aromatic nitrogens is 2. The molecule has 0 atom stereocenters. The van der Waals surface area contributed by atoms with Gasteiger partial charge in [-0.25, -0.2) is 9.97 Å². The molecule has 0 spiro atoms. The molecule has 18 heavy (non-hydrogen) atoms. The highest BCUT2D eigenvalue weighted by Gasteiger charge is 2.08. The molecule has 0 aliphatic carbocycles. The molecule has 1 aromatic carbocycles. The van der Waals surface area contributed by atoms with Crippen LogP contribution in [0.2, 0.25) is 0 Å². The lowest BCUT2D eigenvalue weighted by Crippen LogP contribution is -2.05. The first-order chi connectivity index (χ1) is 8.47. The Balaban J connectivity index is 2.43. The molecular formula is C14H18N4. The number of nitrogens with one attached hydrogen (secondary N) is 1. The second-order valence-electron chi connectivity index (χ2n) is 4.57. The summed E-state index contributed by atoms with van der Waals surface area (Å²) < 4.78 is 0. The van der Waals surface area contributed by atoms with Crippen molar-refractivity contribution in [2.24, 2.45) is 0 Å². The van der Waals surface area contributed by atoms with Gasteiger partial charge in [0.2, 0.25) is 0 Å². The largest absolute Gasteiger partial charge is 0.383 e. The molecule has 0 bridgehead atoms. The standard InChI is InChI=1S/C14H18N4/c1-8-5-6-9(2)12(7-8)18-14-10(3)13(15)16-11(4)17-14/h5-7H,1-4H3,(H3,15,16,17,18). The average molecular weight is 242 g/mol. The fourth-order valence-electron chi connectivity index (χ4n) is 1.77. The number of nitrogens with zero attached hydrogens (tertiary/aromatic N) is 2. The Hall–Kier alpha value is -2.10. The molecule has 94 valence electrons. The minimum atomic E-state index is 0.523. The minimum Gasteiger partial charge on any atom is -0.383 e. The van der Waals surface area contributed by atoms with E-state index in [0.717, 1.165) is 17.1 Å². The summed E-state index contributed by atoms with van der Waals surface area (Å²) in [4.78, 5) is 8.54. The number of rotatable bonds is 2. The number of benzene rings is 1. The van der Waals surface area contributed by atoms with Gasteiger partial charge in [-0.2, -0.15) is 0 Å². The zero-order valence-electron chi connectivity index (χ0n) is 11.2. The Kier molecular flexibility index (Phi) is 3.19. The van der Waals surface area contributed by atoms with Crippen molar-refractivity contribution in [3.05, 3.63) is 40.7 Å². The molecule has 0 unspecified atom stereocenters. The molecule has 2 rings (SSSR count). The van der Waals surface area contributed by atoms with Gasteiger partial charge in [0.15, 0.2) is 0 Å². The van der Waals surface area contributed by atoms with E-state index in [0.29, 0.717) is 11.6 Å². The van der Waals surface area contributed by atoms with E-state index in [1.165, 1.54) is 11.1 Å². The van der Waals surface area contributed by atoms with Crippen molar-refractivity contribution in [3.8, 4) is 0 Å². The second kappa shape index (κ2) is 4.64. The van der Waals surface area contributed by atoms with Crippen LogP contribution < -0.4 is 11.1 Å². The highest BCUT2D eigenvalue weighted by atomic mass is 15.1. The van der Waals surface area contributed by atoms with E-state index >= 15 is 0 Å². The minimum absolute atomic E-state index is 0.523. The third-order valence-corrected chi connectivity index (χ3v) is 2.94. The van der Waals surface area contributed by atoms with Crippen molar-refractivity contribution >= 4 is 17.3 Å². The topological polar surface area (TPSA) is 63.8 Å². The molecule has 0 saturated carbocycles. The normalized spacial score (nSPS) is 10.4. The average Bonchev–Trinajstić information content (AvgIpc) is 2.30. The van der Waals surface area contributed by atoms with Crippen molar-refractivity contribution < 1.29 is 0 Å². The lowest BCUT2D eigenvalue weighted by Gasteiger charge is -2.13. The highest BCUT2D eigenvalue weighted by molar-refractivity contribution is 5.66. The van der Waals surface area contributed by atoms with Gasteiger partial charge in [-0.3, -0.25) is 0 Å². The lowest BCUT2D eigenvalue weighted by atomic mass is 10.1. The third kappa shape index (κ3) is 2.42. The maximum atomic E-state index is 5.85. The van der Waals surface area contributed by atoms with Gasteiger partial charge in [0.05, 0.1) is 0 Å². The molecule has 0 fully saturated rings. The molecule has 0 aliphatic rings. The summed E-state index contributed by atoms with van der Waals surface area (Å²) in [5.41, 5.74) is 10.2. The second-order valence-corrected chi connectivity index (χ2v) is 4.57. The summed E-state index contributed by atoms with van der Waals surface area (Å²) in [5, 5.41) is 3.33. The molecule has 0 saturated heterocycles. The van der Waals surface area contributed by atoms with Crippen LogP contribution in [0.4, 0.5) is 17.3 Å². The van der Waals surface area contributed by atoms with Crippen LogP contribution >= 0.6 is 0 Å². The van der Waals surface area contributed by atoms with Crippen molar-refractivity contribution in [3.63, 3.8) is 0 Å². The van der Waals surface area contributed by atoms with Crippen LogP contribution in [0, 0.1) is 27.7 Å². The molecular weight excluding hydrogens is 224 g/mol. The molecule has 4 nitrogen and oxygen atoms in total. The van der Waals surface area contributed by atoms with Gasteiger partial charge >= 0.3 is 0 Å². The highest BCUT2D eigenvalue weighted by Crippen LogP contribution is 2.24. The molecule has 2 aromatic rings. The fourth-order valence-corrected chi connectivity index (χ4v) is 1.77. The number of hydrogen-bond donors (Lipinski definition) is 2. The van der Waals surface area contributed by atoms with Crippen LogP contribution in [0.5, 0.6) is 0 Å². The third-order valence-electron chi connectivity index (χ3n) is 2.94. The van der Waals surface area contributed by atoms with E-state index in [4.69, 9.17) is 5.73 Å². The summed E-state index contributed by atoms with van der Waals surface area (Å²) in [7, 11) is 0. The number of hydrogen-bond acceptors (Lipinski definition) is 4. The Morgan fingerprint density at radius 1 is 1.06 bits per heavy atom. The Morgan fingerprint density at radius 3 is 2.50 bits per heavy atom. The molecule has 4 heteroatoms. The van der Waals surface area contributed by atoms with Gasteiger partial charge in [0, 0.05) is 11.3 Å². The van der Waals surface area contributed by atoms with Gasteiger partial charge in [0.1, 0.15) is 17.5 Å². The lowest BCUT2D eigenvalue weighted by molar-refractivity contribution is 1.04. The SMILES string of the molecule is Cc1ccc(C)c(Nc2nc(C)nc(N)c2C)c1. The summed E-state index contributed by atoms with van der Waals surface area (Å²) in [6.45, 7) is 7.89. The summed E-state index contributed by atoms with van der Waals surface area (Å²) in [6.07, 6.45) is 0. The zero-order valence-corrected chi connectivity index (χ0v) is 11.2.